The number of hydrogen-bond acceptors (Lipinski definition) is 5. The van der Waals surface area contributed by atoms with Gasteiger partial charge in [-0.3, -0.25) is 4.79 Å². The summed E-state index contributed by atoms with van der Waals surface area (Å²) in [5.41, 5.74) is 3.17. The Balaban J connectivity index is 1.57. The summed E-state index contributed by atoms with van der Waals surface area (Å²) in [6.07, 6.45) is -0.0229. The van der Waals surface area contributed by atoms with E-state index < -0.39 is 6.10 Å². The Morgan fingerprint density at radius 3 is 2.33 bits per heavy atom. The maximum atomic E-state index is 12.4. The van der Waals surface area contributed by atoms with Crippen LogP contribution in [0, 0.1) is 13.8 Å². The lowest BCUT2D eigenvalue weighted by Crippen LogP contribution is -2.37. The average molecular weight is 365 g/mol. The fourth-order valence-electron chi connectivity index (χ4n) is 2.53. The molecule has 0 saturated carbocycles. The van der Waals surface area contributed by atoms with Gasteiger partial charge in [0.1, 0.15) is 5.75 Å². The smallest absolute Gasteiger partial charge is 0.261 e. The highest BCUT2D eigenvalue weighted by Gasteiger charge is 2.19. The summed E-state index contributed by atoms with van der Waals surface area (Å²) in [4.78, 5) is 16.7. The Labute approximate surface area is 158 Å². The minimum absolute atomic E-state index is 0.158. The number of nitrogens with one attached hydrogen (secondary N) is 1. The molecule has 0 fully saturated rings. The zero-order chi connectivity index (χ0) is 19.2. The lowest BCUT2D eigenvalue weighted by atomic mass is 10.1. The summed E-state index contributed by atoms with van der Waals surface area (Å²) < 4.78 is 11.0. The number of hydrogen-bond donors (Lipinski definition) is 1. The summed E-state index contributed by atoms with van der Waals surface area (Å²) in [5, 5.41) is 6.76. The molecule has 0 bridgehead atoms. The van der Waals surface area contributed by atoms with Crippen molar-refractivity contribution in [3.05, 3.63) is 65.5 Å². The monoisotopic (exact) mass is 365 g/mol. The predicted molar refractivity (Wildman–Crippen MR) is 102 cm³/mol. The molecule has 140 valence electrons. The lowest BCUT2D eigenvalue weighted by molar-refractivity contribution is -0.128. The highest BCUT2D eigenvalue weighted by molar-refractivity contribution is 5.81. The van der Waals surface area contributed by atoms with Crippen LogP contribution in [0.3, 0.4) is 0 Å². The molecular formula is C21H23N3O3. The van der Waals surface area contributed by atoms with Crippen molar-refractivity contribution < 1.29 is 14.1 Å². The summed E-state index contributed by atoms with van der Waals surface area (Å²) >= 11 is 0. The number of aryl methyl sites for hydroxylation is 2. The molecule has 0 unspecified atom stereocenters. The third-order valence-corrected chi connectivity index (χ3v) is 4.15. The molecule has 3 aromatic rings. The van der Waals surface area contributed by atoms with Gasteiger partial charge in [-0.05, 0) is 32.4 Å². The molecule has 1 atom stereocenters. The van der Waals surface area contributed by atoms with E-state index in [2.05, 4.69) is 15.5 Å². The first-order chi connectivity index (χ1) is 13.0. The zero-order valence-corrected chi connectivity index (χ0v) is 15.7. The van der Waals surface area contributed by atoms with E-state index in [0.717, 1.165) is 16.7 Å². The van der Waals surface area contributed by atoms with Crippen molar-refractivity contribution in [1.29, 1.82) is 0 Å². The molecule has 0 radical (unpaired) electrons. The fourth-order valence-corrected chi connectivity index (χ4v) is 2.53. The van der Waals surface area contributed by atoms with Gasteiger partial charge in [-0.2, -0.15) is 4.98 Å². The van der Waals surface area contributed by atoms with Crippen LogP contribution in [0.5, 0.6) is 5.75 Å². The van der Waals surface area contributed by atoms with Crippen LogP contribution in [0.15, 0.2) is 53.1 Å². The van der Waals surface area contributed by atoms with E-state index in [-0.39, 0.29) is 12.5 Å². The molecule has 0 aliphatic heterocycles. The van der Waals surface area contributed by atoms with Gasteiger partial charge < -0.3 is 14.6 Å². The first-order valence-corrected chi connectivity index (χ1v) is 8.96. The molecule has 0 aliphatic carbocycles. The molecule has 27 heavy (non-hydrogen) atoms. The summed E-state index contributed by atoms with van der Waals surface area (Å²) in [5.74, 6) is 1.31. The van der Waals surface area contributed by atoms with Crippen LogP contribution in [-0.4, -0.2) is 22.2 Å². The number of aromatic nitrogens is 2. The second-order valence-electron chi connectivity index (χ2n) is 6.42. The first-order valence-electron chi connectivity index (χ1n) is 8.96. The molecule has 0 saturated heterocycles. The molecule has 6 heteroatoms. The Kier molecular flexibility index (Phi) is 5.86. The maximum Gasteiger partial charge on any atom is 0.261 e. The third kappa shape index (κ3) is 4.94. The van der Waals surface area contributed by atoms with Gasteiger partial charge in [-0.25, -0.2) is 0 Å². The number of amides is 1. The zero-order valence-electron chi connectivity index (χ0n) is 15.7. The molecule has 0 aliphatic rings. The normalized spacial score (nSPS) is 11.8. The van der Waals surface area contributed by atoms with Gasteiger partial charge >= 0.3 is 0 Å². The van der Waals surface area contributed by atoms with Gasteiger partial charge in [0.2, 0.25) is 11.7 Å². The van der Waals surface area contributed by atoms with Crippen LogP contribution in [0.1, 0.15) is 30.4 Å². The maximum absolute atomic E-state index is 12.4. The summed E-state index contributed by atoms with van der Waals surface area (Å²) in [6.45, 7) is 6.08. The van der Waals surface area contributed by atoms with E-state index in [1.54, 1.807) is 0 Å². The molecule has 0 spiro atoms. The second-order valence-corrected chi connectivity index (χ2v) is 6.42. The predicted octanol–water partition coefficient (Wildman–Crippen LogP) is 3.83. The van der Waals surface area contributed by atoms with Gasteiger partial charge in [-0.15, -0.1) is 0 Å². The molecule has 3 rings (SSSR count). The summed E-state index contributed by atoms with van der Waals surface area (Å²) in [7, 11) is 0. The highest BCUT2D eigenvalue weighted by Crippen LogP contribution is 2.17. The van der Waals surface area contributed by atoms with Gasteiger partial charge in [0, 0.05) is 5.56 Å². The molecule has 2 aromatic carbocycles. The molecule has 1 aromatic heterocycles. The fraction of sp³-hybridized carbons (Fsp3) is 0.286. The third-order valence-electron chi connectivity index (χ3n) is 4.15. The van der Waals surface area contributed by atoms with Crippen molar-refractivity contribution in [3.8, 4) is 17.1 Å². The Hall–Kier alpha value is -3.15. The van der Waals surface area contributed by atoms with Crippen LogP contribution in [0.25, 0.3) is 11.4 Å². The highest BCUT2D eigenvalue weighted by atomic mass is 16.5. The quantitative estimate of drug-likeness (QED) is 0.688. The number of carbonyl (C=O) groups is 1. The van der Waals surface area contributed by atoms with Crippen molar-refractivity contribution in [2.75, 3.05) is 0 Å². The van der Waals surface area contributed by atoms with Crippen molar-refractivity contribution in [2.24, 2.45) is 0 Å². The molecular weight excluding hydrogens is 342 g/mol. The molecule has 1 amide bonds. The SMILES string of the molecule is CC[C@H](Oc1ccc(C)cc1)C(=O)NCc1nc(-c2ccc(C)cc2)no1. The van der Waals surface area contributed by atoms with Crippen LogP contribution in [0.2, 0.25) is 0 Å². The largest absolute Gasteiger partial charge is 0.481 e. The van der Waals surface area contributed by atoms with Crippen LogP contribution >= 0.6 is 0 Å². The van der Waals surface area contributed by atoms with Crippen molar-refractivity contribution >= 4 is 5.91 Å². The van der Waals surface area contributed by atoms with E-state index in [9.17, 15) is 4.79 Å². The van der Waals surface area contributed by atoms with Gasteiger partial charge in [0.25, 0.3) is 5.91 Å². The lowest BCUT2D eigenvalue weighted by Gasteiger charge is -2.16. The Morgan fingerprint density at radius 2 is 1.70 bits per heavy atom. The number of benzene rings is 2. The molecule has 1 N–H and O–H groups in total. The Bertz CT molecular complexity index is 886. The van der Waals surface area contributed by atoms with E-state index >= 15 is 0 Å². The molecule has 6 nitrogen and oxygen atoms in total. The molecule has 1 heterocycles. The van der Waals surface area contributed by atoms with Crippen molar-refractivity contribution in [1.82, 2.24) is 15.5 Å². The van der Waals surface area contributed by atoms with Gasteiger partial charge in [0.15, 0.2) is 6.10 Å². The standard InChI is InChI=1S/C21H23N3O3/c1-4-18(26-17-11-7-15(3)8-12-17)21(25)22-13-19-23-20(24-27-19)16-9-5-14(2)6-10-16/h5-12,18H,4,13H2,1-3H3,(H,22,25)/t18-/m0/s1. The first kappa shape index (κ1) is 18.6. The van der Waals surface area contributed by atoms with Crippen LogP contribution in [-0.2, 0) is 11.3 Å². The van der Waals surface area contributed by atoms with Gasteiger partial charge in [-0.1, -0.05) is 59.6 Å². The summed E-state index contributed by atoms with van der Waals surface area (Å²) in [6, 6.07) is 15.5. The topological polar surface area (TPSA) is 77.2 Å². The number of rotatable bonds is 7. The number of ether oxygens (including phenoxy) is 1. The Morgan fingerprint density at radius 1 is 1.07 bits per heavy atom. The number of carbonyl (C=O) groups excluding carboxylic acids is 1. The second kappa shape index (κ2) is 8.49. The van der Waals surface area contributed by atoms with E-state index in [0.29, 0.717) is 23.9 Å². The van der Waals surface area contributed by atoms with Crippen LogP contribution in [0.4, 0.5) is 0 Å². The average Bonchev–Trinajstić information content (AvgIpc) is 3.15. The van der Waals surface area contributed by atoms with Gasteiger partial charge in [0.05, 0.1) is 6.54 Å². The minimum atomic E-state index is -0.577. The number of nitrogens with zero attached hydrogens (tertiary/aromatic N) is 2. The van der Waals surface area contributed by atoms with E-state index in [1.165, 1.54) is 0 Å². The minimum Gasteiger partial charge on any atom is -0.481 e. The van der Waals surface area contributed by atoms with E-state index in [4.69, 9.17) is 9.26 Å². The van der Waals surface area contributed by atoms with Crippen molar-refractivity contribution in [2.45, 2.75) is 39.8 Å². The van der Waals surface area contributed by atoms with Crippen molar-refractivity contribution in [3.63, 3.8) is 0 Å². The van der Waals surface area contributed by atoms with Crippen LogP contribution < -0.4 is 10.1 Å². The van der Waals surface area contributed by atoms with E-state index in [1.807, 2.05) is 69.3 Å².